The Morgan fingerprint density at radius 2 is 2.11 bits per heavy atom. The lowest BCUT2D eigenvalue weighted by Crippen LogP contribution is -2.23. The van der Waals surface area contributed by atoms with Crippen molar-refractivity contribution in [1.29, 1.82) is 0 Å². The standard InChI is InChI=1S/C12H16N4O2S/c1-9-14-8-12(16-9)19(17,18)15-7-11-4-2-3-10(5-11)6-13/h2-5,8,15H,6-7,13H2,1H3,(H,14,16). The molecule has 1 heterocycles. The molecule has 102 valence electrons. The minimum atomic E-state index is -3.56. The summed E-state index contributed by atoms with van der Waals surface area (Å²) in [6.07, 6.45) is 1.30. The molecule has 0 aliphatic rings. The van der Waals surface area contributed by atoms with Crippen LogP contribution in [0.1, 0.15) is 17.0 Å². The molecule has 0 saturated heterocycles. The fourth-order valence-corrected chi connectivity index (χ4v) is 2.64. The molecule has 0 amide bonds. The number of aromatic amines is 1. The van der Waals surface area contributed by atoms with E-state index >= 15 is 0 Å². The van der Waals surface area contributed by atoms with Crippen LogP contribution in [0.25, 0.3) is 0 Å². The monoisotopic (exact) mass is 280 g/mol. The molecule has 4 N–H and O–H groups in total. The van der Waals surface area contributed by atoms with E-state index < -0.39 is 10.0 Å². The number of benzene rings is 1. The number of aromatic nitrogens is 2. The Balaban J connectivity index is 2.09. The SMILES string of the molecule is Cc1ncc(S(=O)(=O)NCc2cccc(CN)c2)[nH]1. The number of nitrogens with zero attached hydrogens (tertiary/aromatic N) is 1. The van der Waals surface area contributed by atoms with E-state index in [0.29, 0.717) is 12.4 Å². The molecular formula is C12H16N4O2S. The van der Waals surface area contributed by atoms with E-state index in [0.717, 1.165) is 11.1 Å². The molecule has 7 heteroatoms. The van der Waals surface area contributed by atoms with Gasteiger partial charge in [0.15, 0.2) is 5.03 Å². The topological polar surface area (TPSA) is 101 Å². The molecule has 0 fully saturated rings. The molecule has 2 rings (SSSR count). The molecule has 0 spiro atoms. The zero-order valence-electron chi connectivity index (χ0n) is 10.6. The maximum absolute atomic E-state index is 12.0. The van der Waals surface area contributed by atoms with Gasteiger partial charge in [-0.15, -0.1) is 0 Å². The van der Waals surface area contributed by atoms with E-state index in [-0.39, 0.29) is 11.6 Å². The van der Waals surface area contributed by atoms with Gasteiger partial charge in [0.05, 0.1) is 6.20 Å². The van der Waals surface area contributed by atoms with Crippen LogP contribution in [0.3, 0.4) is 0 Å². The first kappa shape index (κ1) is 13.7. The molecule has 1 aromatic carbocycles. The van der Waals surface area contributed by atoms with E-state index in [1.54, 1.807) is 6.92 Å². The lowest BCUT2D eigenvalue weighted by Gasteiger charge is -2.06. The summed E-state index contributed by atoms with van der Waals surface area (Å²) in [6, 6.07) is 7.48. The molecule has 0 saturated carbocycles. The van der Waals surface area contributed by atoms with Crippen molar-refractivity contribution in [1.82, 2.24) is 14.7 Å². The van der Waals surface area contributed by atoms with E-state index in [4.69, 9.17) is 5.73 Å². The minimum absolute atomic E-state index is 0.0694. The fourth-order valence-electron chi connectivity index (χ4n) is 1.66. The number of hydrogen-bond donors (Lipinski definition) is 3. The Kier molecular flexibility index (Phi) is 3.98. The molecule has 1 aromatic heterocycles. The molecule has 0 radical (unpaired) electrons. The number of rotatable bonds is 5. The van der Waals surface area contributed by atoms with E-state index in [1.807, 2.05) is 24.3 Å². The van der Waals surface area contributed by atoms with Crippen LogP contribution in [-0.4, -0.2) is 18.4 Å². The van der Waals surface area contributed by atoms with Crippen molar-refractivity contribution in [2.24, 2.45) is 5.73 Å². The molecular weight excluding hydrogens is 264 g/mol. The summed E-state index contributed by atoms with van der Waals surface area (Å²) in [5.41, 5.74) is 7.37. The third-order valence-corrected chi connectivity index (χ3v) is 3.97. The zero-order valence-corrected chi connectivity index (χ0v) is 11.4. The quantitative estimate of drug-likeness (QED) is 0.748. The maximum atomic E-state index is 12.0. The highest BCUT2D eigenvalue weighted by Gasteiger charge is 2.15. The van der Waals surface area contributed by atoms with Gasteiger partial charge in [-0.1, -0.05) is 24.3 Å². The summed E-state index contributed by atoms with van der Waals surface area (Å²) in [5, 5.41) is 0.0694. The smallest absolute Gasteiger partial charge is 0.257 e. The molecule has 0 atom stereocenters. The lowest BCUT2D eigenvalue weighted by molar-refractivity contribution is 0.578. The highest BCUT2D eigenvalue weighted by molar-refractivity contribution is 7.89. The third kappa shape index (κ3) is 3.40. The summed E-state index contributed by atoms with van der Waals surface area (Å²) < 4.78 is 26.4. The lowest BCUT2D eigenvalue weighted by atomic mass is 10.1. The van der Waals surface area contributed by atoms with Gasteiger partial charge >= 0.3 is 0 Å². The number of imidazole rings is 1. The van der Waals surface area contributed by atoms with Gasteiger partial charge in [0.2, 0.25) is 0 Å². The first-order valence-electron chi connectivity index (χ1n) is 5.80. The predicted octanol–water partition coefficient (Wildman–Crippen LogP) is 0.655. The third-order valence-electron chi connectivity index (χ3n) is 2.66. The van der Waals surface area contributed by atoms with Crippen molar-refractivity contribution >= 4 is 10.0 Å². The van der Waals surface area contributed by atoms with Gasteiger partial charge in [0, 0.05) is 13.1 Å². The van der Waals surface area contributed by atoms with E-state index in [2.05, 4.69) is 14.7 Å². The van der Waals surface area contributed by atoms with Crippen molar-refractivity contribution in [3.8, 4) is 0 Å². The summed E-state index contributed by atoms with van der Waals surface area (Å²) in [4.78, 5) is 6.57. The van der Waals surface area contributed by atoms with Gasteiger partial charge in [0.1, 0.15) is 5.82 Å². The van der Waals surface area contributed by atoms with Crippen molar-refractivity contribution in [3.05, 3.63) is 47.4 Å². The summed E-state index contributed by atoms with van der Waals surface area (Å²) in [7, 11) is -3.56. The normalized spacial score (nSPS) is 11.7. The van der Waals surface area contributed by atoms with Crippen LogP contribution in [0.4, 0.5) is 0 Å². The zero-order chi connectivity index (χ0) is 13.9. The van der Waals surface area contributed by atoms with Gasteiger partial charge in [-0.25, -0.2) is 18.1 Å². The van der Waals surface area contributed by atoms with Gasteiger partial charge < -0.3 is 10.7 Å². The molecule has 0 bridgehead atoms. The van der Waals surface area contributed by atoms with Crippen LogP contribution < -0.4 is 10.5 Å². The number of H-pyrrole nitrogens is 1. The number of hydrogen-bond acceptors (Lipinski definition) is 4. The molecule has 19 heavy (non-hydrogen) atoms. The van der Waals surface area contributed by atoms with Crippen molar-refractivity contribution < 1.29 is 8.42 Å². The maximum Gasteiger partial charge on any atom is 0.257 e. The number of sulfonamides is 1. The summed E-state index contributed by atoms with van der Waals surface area (Å²) >= 11 is 0. The van der Waals surface area contributed by atoms with Gasteiger partial charge in [0.25, 0.3) is 10.0 Å². The van der Waals surface area contributed by atoms with Crippen molar-refractivity contribution in [3.63, 3.8) is 0 Å². The highest BCUT2D eigenvalue weighted by Crippen LogP contribution is 2.08. The Bertz CT molecular complexity index is 664. The first-order chi connectivity index (χ1) is 9.01. The molecule has 0 aliphatic carbocycles. The van der Waals surface area contributed by atoms with Crippen LogP contribution in [0.15, 0.2) is 35.5 Å². The van der Waals surface area contributed by atoms with Gasteiger partial charge in [-0.3, -0.25) is 0 Å². The second kappa shape index (κ2) is 5.52. The predicted molar refractivity (Wildman–Crippen MR) is 71.7 cm³/mol. The number of nitrogens with two attached hydrogens (primary N) is 1. The summed E-state index contributed by atoms with van der Waals surface area (Å²) in [5.74, 6) is 0.561. The summed E-state index contributed by atoms with van der Waals surface area (Å²) in [6.45, 7) is 2.35. The van der Waals surface area contributed by atoms with Crippen LogP contribution >= 0.6 is 0 Å². The Labute approximate surface area is 112 Å². The second-order valence-corrected chi connectivity index (χ2v) is 5.92. The number of aryl methyl sites for hydroxylation is 1. The van der Waals surface area contributed by atoms with Gasteiger partial charge in [-0.2, -0.15) is 0 Å². The second-order valence-electron chi connectivity index (χ2n) is 4.18. The van der Waals surface area contributed by atoms with Crippen LogP contribution in [0.2, 0.25) is 0 Å². The fraction of sp³-hybridized carbons (Fsp3) is 0.250. The minimum Gasteiger partial charge on any atom is -0.332 e. The molecule has 0 unspecified atom stereocenters. The van der Waals surface area contributed by atoms with Crippen LogP contribution in [0.5, 0.6) is 0 Å². The Morgan fingerprint density at radius 3 is 2.74 bits per heavy atom. The first-order valence-corrected chi connectivity index (χ1v) is 7.29. The molecule has 0 aliphatic heterocycles. The highest BCUT2D eigenvalue weighted by atomic mass is 32.2. The number of nitrogens with one attached hydrogen (secondary N) is 2. The largest absolute Gasteiger partial charge is 0.332 e. The van der Waals surface area contributed by atoms with E-state index in [1.165, 1.54) is 6.20 Å². The van der Waals surface area contributed by atoms with Crippen LogP contribution in [0, 0.1) is 6.92 Å². The molecule has 6 nitrogen and oxygen atoms in total. The Morgan fingerprint density at radius 1 is 1.37 bits per heavy atom. The van der Waals surface area contributed by atoms with Crippen LogP contribution in [-0.2, 0) is 23.1 Å². The van der Waals surface area contributed by atoms with E-state index in [9.17, 15) is 8.42 Å². The van der Waals surface area contributed by atoms with Crippen molar-refractivity contribution in [2.45, 2.75) is 25.0 Å². The average molecular weight is 280 g/mol. The average Bonchev–Trinajstić information content (AvgIpc) is 2.84. The molecule has 2 aromatic rings. The van der Waals surface area contributed by atoms with Crippen molar-refractivity contribution in [2.75, 3.05) is 0 Å². The Hall–Kier alpha value is -1.70. The van der Waals surface area contributed by atoms with Gasteiger partial charge in [-0.05, 0) is 18.1 Å².